The summed E-state index contributed by atoms with van der Waals surface area (Å²) in [5.74, 6) is 2.10. The lowest BCUT2D eigenvalue weighted by Gasteiger charge is -2.13. The van der Waals surface area contributed by atoms with E-state index in [0.717, 1.165) is 47.6 Å². The molecule has 3 heterocycles. The van der Waals surface area contributed by atoms with Crippen LogP contribution in [0.25, 0.3) is 22.5 Å². The standard InChI is InChI=1S/C28H23N7O/c29-28-31-17-15-24(33-28)23-10-5-16-30-27(23)36-20-13-11-19(12-14-20)32-26-22-9-4-8-21(22)25(34-35-26)18-6-2-1-3-7-18/h1-3,5-7,10-17H,4,8-9H2,(H,32,35)(H2,29,31,33). The first-order valence-corrected chi connectivity index (χ1v) is 11.8. The van der Waals surface area contributed by atoms with Gasteiger partial charge in [0.1, 0.15) is 5.75 Å². The number of nitrogens with zero attached hydrogens (tertiary/aromatic N) is 5. The van der Waals surface area contributed by atoms with E-state index in [4.69, 9.17) is 10.5 Å². The van der Waals surface area contributed by atoms with Gasteiger partial charge >= 0.3 is 0 Å². The summed E-state index contributed by atoms with van der Waals surface area (Å²) < 4.78 is 6.08. The molecule has 1 aliphatic rings. The SMILES string of the molecule is Nc1nccc(-c2cccnc2Oc2ccc(Nc3nnc(-c4ccccc4)c4c3CCC4)cc2)n1. The number of hydrogen-bond donors (Lipinski definition) is 2. The third-order valence-electron chi connectivity index (χ3n) is 6.14. The van der Waals surface area contributed by atoms with Gasteiger partial charge in [-0.1, -0.05) is 30.3 Å². The van der Waals surface area contributed by atoms with E-state index in [1.807, 2.05) is 54.6 Å². The highest BCUT2D eigenvalue weighted by molar-refractivity contribution is 5.71. The van der Waals surface area contributed by atoms with Crippen LogP contribution in [-0.4, -0.2) is 25.1 Å². The van der Waals surface area contributed by atoms with Crippen molar-refractivity contribution >= 4 is 17.5 Å². The van der Waals surface area contributed by atoms with Crippen LogP contribution in [0.5, 0.6) is 11.6 Å². The second-order valence-electron chi connectivity index (χ2n) is 8.48. The second-order valence-corrected chi connectivity index (χ2v) is 8.48. The van der Waals surface area contributed by atoms with E-state index in [2.05, 4.69) is 42.6 Å². The third-order valence-corrected chi connectivity index (χ3v) is 6.14. The van der Waals surface area contributed by atoms with Crippen molar-refractivity contribution in [1.29, 1.82) is 0 Å². The number of ether oxygens (including phenoxy) is 1. The molecule has 8 heteroatoms. The normalized spacial score (nSPS) is 12.2. The Hall–Kier alpha value is -4.85. The molecule has 3 N–H and O–H groups in total. The molecule has 0 atom stereocenters. The summed E-state index contributed by atoms with van der Waals surface area (Å²) >= 11 is 0. The molecule has 0 amide bonds. The Morgan fingerprint density at radius 2 is 1.61 bits per heavy atom. The molecule has 0 aliphatic heterocycles. The zero-order valence-corrected chi connectivity index (χ0v) is 19.4. The molecule has 36 heavy (non-hydrogen) atoms. The monoisotopic (exact) mass is 473 g/mol. The quantitative estimate of drug-likeness (QED) is 0.328. The Balaban J connectivity index is 1.22. The third kappa shape index (κ3) is 4.32. The maximum absolute atomic E-state index is 6.08. The topological polar surface area (TPSA) is 112 Å². The van der Waals surface area contributed by atoms with Crippen molar-refractivity contribution in [2.24, 2.45) is 0 Å². The molecule has 5 aromatic rings. The van der Waals surface area contributed by atoms with Gasteiger partial charge < -0.3 is 15.8 Å². The zero-order chi connectivity index (χ0) is 24.3. The average Bonchev–Trinajstić information content (AvgIpc) is 3.41. The fourth-order valence-corrected chi connectivity index (χ4v) is 4.46. The largest absolute Gasteiger partial charge is 0.438 e. The number of rotatable bonds is 6. The van der Waals surface area contributed by atoms with Crippen molar-refractivity contribution < 1.29 is 4.74 Å². The molecule has 1 aliphatic carbocycles. The lowest BCUT2D eigenvalue weighted by Crippen LogP contribution is -2.03. The number of benzene rings is 2. The number of pyridine rings is 1. The summed E-state index contributed by atoms with van der Waals surface area (Å²) in [7, 11) is 0. The Labute approximate surface area is 208 Å². The van der Waals surface area contributed by atoms with E-state index in [1.165, 1.54) is 11.1 Å². The smallest absolute Gasteiger partial charge is 0.228 e. The van der Waals surface area contributed by atoms with E-state index >= 15 is 0 Å². The molecule has 0 unspecified atom stereocenters. The minimum absolute atomic E-state index is 0.198. The van der Waals surface area contributed by atoms with Crippen molar-refractivity contribution in [3.8, 4) is 34.1 Å². The van der Waals surface area contributed by atoms with Gasteiger partial charge in [-0.15, -0.1) is 10.2 Å². The molecule has 0 spiro atoms. The molecule has 3 aromatic heterocycles. The summed E-state index contributed by atoms with van der Waals surface area (Å²) in [4.78, 5) is 12.6. The lowest BCUT2D eigenvalue weighted by molar-refractivity contribution is 0.465. The van der Waals surface area contributed by atoms with E-state index in [9.17, 15) is 0 Å². The summed E-state index contributed by atoms with van der Waals surface area (Å²) in [6.07, 6.45) is 6.40. The van der Waals surface area contributed by atoms with E-state index in [-0.39, 0.29) is 5.95 Å². The Morgan fingerprint density at radius 1 is 0.778 bits per heavy atom. The molecular formula is C28H23N7O. The first-order chi connectivity index (χ1) is 17.7. The van der Waals surface area contributed by atoms with Crippen molar-refractivity contribution in [2.45, 2.75) is 19.3 Å². The number of anilines is 3. The van der Waals surface area contributed by atoms with Gasteiger partial charge in [-0.3, -0.25) is 0 Å². The van der Waals surface area contributed by atoms with Crippen molar-refractivity contribution in [2.75, 3.05) is 11.1 Å². The predicted molar refractivity (Wildman–Crippen MR) is 139 cm³/mol. The number of aromatic nitrogens is 5. The Kier molecular flexibility index (Phi) is 5.67. The first-order valence-electron chi connectivity index (χ1n) is 11.8. The van der Waals surface area contributed by atoms with Gasteiger partial charge in [0.15, 0.2) is 5.82 Å². The fourth-order valence-electron chi connectivity index (χ4n) is 4.46. The molecule has 0 radical (unpaired) electrons. The number of nitrogen functional groups attached to an aromatic ring is 1. The summed E-state index contributed by atoms with van der Waals surface area (Å²) in [5, 5.41) is 12.6. The van der Waals surface area contributed by atoms with Gasteiger partial charge in [-0.05, 0) is 67.3 Å². The van der Waals surface area contributed by atoms with Crippen LogP contribution in [-0.2, 0) is 12.8 Å². The van der Waals surface area contributed by atoms with Crippen LogP contribution in [0, 0.1) is 0 Å². The highest BCUT2D eigenvalue weighted by Gasteiger charge is 2.22. The summed E-state index contributed by atoms with van der Waals surface area (Å²) in [6, 6.07) is 23.4. The minimum Gasteiger partial charge on any atom is -0.438 e. The van der Waals surface area contributed by atoms with Gasteiger partial charge in [-0.25, -0.2) is 15.0 Å². The van der Waals surface area contributed by atoms with Gasteiger partial charge in [0.05, 0.1) is 17.0 Å². The van der Waals surface area contributed by atoms with Crippen molar-refractivity contribution in [1.82, 2.24) is 25.1 Å². The van der Waals surface area contributed by atoms with Crippen LogP contribution >= 0.6 is 0 Å². The predicted octanol–water partition coefficient (Wildman–Crippen LogP) is 5.60. The molecule has 176 valence electrons. The molecule has 0 saturated heterocycles. The summed E-state index contributed by atoms with van der Waals surface area (Å²) in [5.41, 5.74) is 12.7. The van der Waals surface area contributed by atoms with Gasteiger partial charge in [0, 0.05) is 29.2 Å². The van der Waals surface area contributed by atoms with Crippen LogP contribution in [0.1, 0.15) is 17.5 Å². The van der Waals surface area contributed by atoms with E-state index in [1.54, 1.807) is 18.5 Å². The van der Waals surface area contributed by atoms with Crippen LogP contribution in [0.4, 0.5) is 17.5 Å². The fraction of sp³-hybridized carbons (Fsp3) is 0.107. The second kappa shape index (κ2) is 9.42. The maximum Gasteiger partial charge on any atom is 0.228 e. The number of nitrogens with two attached hydrogens (primary N) is 1. The molecule has 0 fully saturated rings. The number of hydrogen-bond acceptors (Lipinski definition) is 8. The van der Waals surface area contributed by atoms with Crippen LogP contribution < -0.4 is 15.8 Å². The van der Waals surface area contributed by atoms with Crippen molar-refractivity contribution in [3.63, 3.8) is 0 Å². The molecule has 8 nitrogen and oxygen atoms in total. The number of nitrogens with one attached hydrogen (secondary N) is 1. The van der Waals surface area contributed by atoms with Crippen LogP contribution in [0.2, 0.25) is 0 Å². The highest BCUT2D eigenvalue weighted by atomic mass is 16.5. The van der Waals surface area contributed by atoms with E-state index < -0.39 is 0 Å². The first kappa shape index (κ1) is 21.7. The van der Waals surface area contributed by atoms with Gasteiger partial charge in [0.25, 0.3) is 0 Å². The Bertz CT molecular complexity index is 1520. The molecule has 0 saturated carbocycles. The lowest BCUT2D eigenvalue weighted by atomic mass is 10.0. The molecule has 6 rings (SSSR count). The van der Waals surface area contributed by atoms with Gasteiger partial charge in [0.2, 0.25) is 11.8 Å². The summed E-state index contributed by atoms with van der Waals surface area (Å²) in [6.45, 7) is 0. The zero-order valence-electron chi connectivity index (χ0n) is 19.4. The molecular weight excluding hydrogens is 450 g/mol. The van der Waals surface area contributed by atoms with Crippen LogP contribution in [0.3, 0.4) is 0 Å². The molecule has 0 bridgehead atoms. The van der Waals surface area contributed by atoms with Gasteiger partial charge in [-0.2, -0.15) is 0 Å². The minimum atomic E-state index is 0.198. The van der Waals surface area contributed by atoms with E-state index in [0.29, 0.717) is 17.3 Å². The highest BCUT2D eigenvalue weighted by Crippen LogP contribution is 2.35. The Morgan fingerprint density at radius 3 is 2.44 bits per heavy atom. The molecule has 2 aromatic carbocycles. The van der Waals surface area contributed by atoms with Crippen molar-refractivity contribution in [3.05, 3.63) is 96.3 Å². The van der Waals surface area contributed by atoms with Crippen LogP contribution in [0.15, 0.2) is 85.2 Å². The number of fused-ring (bicyclic) bond motifs is 1. The maximum atomic E-state index is 6.08. The average molecular weight is 474 g/mol.